The number of rotatable bonds is 7. The van der Waals surface area contributed by atoms with Gasteiger partial charge in [-0.15, -0.1) is 0 Å². The molecule has 0 bridgehead atoms. The molecule has 1 N–H and O–H groups in total. The molecule has 3 nitrogen and oxygen atoms in total. The highest BCUT2D eigenvalue weighted by atomic mass is 32.2. The summed E-state index contributed by atoms with van der Waals surface area (Å²) in [5.74, 6) is -0.104. The van der Waals surface area contributed by atoms with Crippen molar-refractivity contribution in [2.75, 3.05) is 5.75 Å². The Kier molecular flexibility index (Phi) is 6.38. The second kappa shape index (κ2) is 6.43. The van der Waals surface area contributed by atoms with Gasteiger partial charge in [0.25, 0.3) is 10.1 Å². The second-order valence-corrected chi connectivity index (χ2v) is 4.43. The third-order valence-corrected chi connectivity index (χ3v) is 2.36. The Hall–Kier alpha value is -0.0900. The van der Waals surface area contributed by atoms with E-state index in [1.165, 1.54) is 0 Å². The van der Waals surface area contributed by atoms with Crippen molar-refractivity contribution in [3.05, 3.63) is 6.42 Å². The van der Waals surface area contributed by atoms with Crippen LogP contribution in [0.25, 0.3) is 0 Å². The summed E-state index contributed by atoms with van der Waals surface area (Å²) in [4.78, 5) is 0. The zero-order chi connectivity index (χ0) is 9.45. The highest BCUT2D eigenvalue weighted by Gasteiger charge is 2.02. The summed E-state index contributed by atoms with van der Waals surface area (Å²) in [6.07, 6.45) is 6.73. The van der Waals surface area contributed by atoms with E-state index in [1.54, 1.807) is 0 Å². The fourth-order valence-electron chi connectivity index (χ4n) is 0.922. The van der Waals surface area contributed by atoms with Gasteiger partial charge in [-0.2, -0.15) is 8.42 Å². The monoisotopic (exact) mass is 193 g/mol. The van der Waals surface area contributed by atoms with Gasteiger partial charge in [-0.05, 0) is 12.8 Å². The lowest BCUT2D eigenvalue weighted by atomic mass is 10.1. The Labute approximate surface area is 74.9 Å². The normalized spacial score (nSPS) is 11.8. The number of hydrogen-bond donors (Lipinski definition) is 1. The summed E-state index contributed by atoms with van der Waals surface area (Å²) in [6.45, 7) is 2.11. The van der Waals surface area contributed by atoms with Crippen LogP contribution in [-0.2, 0) is 10.1 Å². The van der Waals surface area contributed by atoms with Gasteiger partial charge in [0, 0.05) is 0 Å². The Morgan fingerprint density at radius 2 is 1.92 bits per heavy atom. The van der Waals surface area contributed by atoms with E-state index in [2.05, 4.69) is 13.3 Å². The van der Waals surface area contributed by atoms with Crippen LogP contribution in [0.5, 0.6) is 0 Å². The second-order valence-electron chi connectivity index (χ2n) is 2.86. The van der Waals surface area contributed by atoms with Crippen LogP contribution in [0.4, 0.5) is 0 Å². The zero-order valence-corrected chi connectivity index (χ0v) is 8.31. The average molecular weight is 193 g/mol. The van der Waals surface area contributed by atoms with E-state index in [0.29, 0.717) is 6.42 Å². The van der Waals surface area contributed by atoms with Crippen molar-refractivity contribution in [3.8, 4) is 0 Å². The Morgan fingerprint density at radius 1 is 1.25 bits per heavy atom. The van der Waals surface area contributed by atoms with Crippen LogP contribution in [0, 0.1) is 6.42 Å². The Balaban J connectivity index is 3.12. The van der Waals surface area contributed by atoms with Crippen molar-refractivity contribution in [2.45, 2.75) is 39.0 Å². The lowest BCUT2D eigenvalue weighted by Crippen LogP contribution is -2.03. The standard InChI is InChI=1S/C8H17O3S/c1-2-3-4-5-6-7-8-12(9,10)11/h4H,2-3,5-8H2,1H3,(H,9,10,11). The molecule has 0 rings (SSSR count). The third-order valence-electron chi connectivity index (χ3n) is 1.55. The lowest BCUT2D eigenvalue weighted by molar-refractivity contribution is 0.480. The fourth-order valence-corrected chi connectivity index (χ4v) is 1.49. The quantitative estimate of drug-likeness (QED) is 0.497. The SMILES string of the molecule is CCC[CH]CCCCS(=O)(=O)O. The van der Waals surface area contributed by atoms with Crippen LogP contribution < -0.4 is 0 Å². The largest absolute Gasteiger partial charge is 0.286 e. The summed E-state index contributed by atoms with van der Waals surface area (Å²) in [5.41, 5.74) is 0. The van der Waals surface area contributed by atoms with E-state index in [9.17, 15) is 8.42 Å². The maximum Gasteiger partial charge on any atom is 0.264 e. The van der Waals surface area contributed by atoms with Gasteiger partial charge in [0.1, 0.15) is 0 Å². The van der Waals surface area contributed by atoms with Gasteiger partial charge in [0.2, 0.25) is 0 Å². The van der Waals surface area contributed by atoms with Gasteiger partial charge in [0.15, 0.2) is 0 Å². The van der Waals surface area contributed by atoms with E-state index in [1.807, 2.05) is 0 Å². The van der Waals surface area contributed by atoms with Crippen molar-refractivity contribution in [1.29, 1.82) is 0 Å². The topological polar surface area (TPSA) is 54.4 Å². The highest BCUT2D eigenvalue weighted by molar-refractivity contribution is 7.85. The molecule has 0 saturated carbocycles. The van der Waals surface area contributed by atoms with Gasteiger partial charge in [-0.3, -0.25) is 4.55 Å². The molecule has 0 aromatic heterocycles. The molecule has 0 aliphatic rings. The summed E-state index contributed by atoms with van der Waals surface area (Å²) >= 11 is 0. The molecule has 0 amide bonds. The lowest BCUT2D eigenvalue weighted by Gasteiger charge is -1.97. The first-order chi connectivity index (χ1) is 5.56. The maximum atomic E-state index is 10.3. The van der Waals surface area contributed by atoms with E-state index < -0.39 is 10.1 Å². The smallest absolute Gasteiger partial charge is 0.264 e. The van der Waals surface area contributed by atoms with Crippen molar-refractivity contribution in [3.63, 3.8) is 0 Å². The van der Waals surface area contributed by atoms with Gasteiger partial charge in [-0.1, -0.05) is 32.6 Å². The molecule has 0 atom stereocenters. The minimum Gasteiger partial charge on any atom is -0.286 e. The van der Waals surface area contributed by atoms with Crippen molar-refractivity contribution >= 4 is 10.1 Å². The van der Waals surface area contributed by atoms with Crippen molar-refractivity contribution in [2.24, 2.45) is 0 Å². The number of unbranched alkanes of at least 4 members (excludes halogenated alkanes) is 5. The summed E-state index contributed by atoms with van der Waals surface area (Å²) in [5, 5.41) is 0. The molecule has 0 aromatic rings. The van der Waals surface area contributed by atoms with E-state index >= 15 is 0 Å². The minimum atomic E-state index is -3.73. The molecule has 0 aliphatic carbocycles. The van der Waals surface area contributed by atoms with Gasteiger partial charge in [-0.25, -0.2) is 0 Å². The van der Waals surface area contributed by atoms with Crippen molar-refractivity contribution < 1.29 is 13.0 Å². The molecule has 0 aromatic carbocycles. The zero-order valence-electron chi connectivity index (χ0n) is 7.49. The highest BCUT2D eigenvalue weighted by Crippen LogP contribution is 2.04. The minimum absolute atomic E-state index is 0.104. The molecule has 0 saturated heterocycles. The molecule has 12 heavy (non-hydrogen) atoms. The summed E-state index contributed by atoms with van der Waals surface area (Å²) in [6, 6.07) is 0. The maximum absolute atomic E-state index is 10.3. The summed E-state index contributed by atoms with van der Waals surface area (Å²) in [7, 11) is -3.73. The van der Waals surface area contributed by atoms with Crippen LogP contribution in [-0.4, -0.2) is 18.7 Å². The van der Waals surface area contributed by atoms with Gasteiger partial charge < -0.3 is 0 Å². The first-order valence-corrected chi connectivity index (χ1v) is 5.94. The van der Waals surface area contributed by atoms with Crippen LogP contribution >= 0.6 is 0 Å². The predicted octanol–water partition coefficient (Wildman–Crippen LogP) is 2.05. The molecule has 73 valence electrons. The molecule has 0 spiro atoms. The molecule has 4 heteroatoms. The Bertz CT molecular complexity index is 184. The number of hydrogen-bond acceptors (Lipinski definition) is 2. The van der Waals surface area contributed by atoms with Crippen LogP contribution in [0.2, 0.25) is 0 Å². The molecular formula is C8H17O3S. The summed E-state index contributed by atoms with van der Waals surface area (Å²) < 4.78 is 28.9. The predicted molar refractivity (Wildman–Crippen MR) is 49.5 cm³/mol. The van der Waals surface area contributed by atoms with E-state index in [4.69, 9.17) is 4.55 Å². The van der Waals surface area contributed by atoms with Gasteiger partial charge >= 0.3 is 0 Å². The van der Waals surface area contributed by atoms with Crippen LogP contribution in [0.3, 0.4) is 0 Å². The van der Waals surface area contributed by atoms with E-state index in [0.717, 1.165) is 25.7 Å². The first kappa shape index (κ1) is 11.9. The molecule has 1 radical (unpaired) electrons. The molecule has 0 fully saturated rings. The molecular weight excluding hydrogens is 176 g/mol. The fraction of sp³-hybridized carbons (Fsp3) is 0.875. The molecule has 0 heterocycles. The average Bonchev–Trinajstić information content (AvgIpc) is 1.94. The Morgan fingerprint density at radius 3 is 2.42 bits per heavy atom. The third kappa shape index (κ3) is 9.91. The molecule has 0 unspecified atom stereocenters. The van der Waals surface area contributed by atoms with Crippen LogP contribution in [0.15, 0.2) is 0 Å². The van der Waals surface area contributed by atoms with Crippen LogP contribution in [0.1, 0.15) is 39.0 Å². The van der Waals surface area contributed by atoms with E-state index in [-0.39, 0.29) is 5.75 Å². The first-order valence-electron chi connectivity index (χ1n) is 4.33. The van der Waals surface area contributed by atoms with Gasteiger partial charge in [0.05, 0.1) is 5.75 Å². The molecule has 0 aliphatic heterocycles. The van der Waals surface area contributed by atoms with Crippen molar-refractivity contribution in [1.82, 2.24) is 0 Å².